The molecule has 130 valence electrons. The fraction of sp³-hybridized carbons (Fsp3) is 0.190. The Morgan fingerprint density at radius 1 is 1.15 bits per heavy atom. The van der Waals surface area contributed by atoms with Crippen molar-refractivity contribution in [3.63, 3.8) is 0 Å². The van der Waals surface area contributed by atoms with Crippen LogP contribution in [0.15, 0.2) is 67.0 Å². The van der Waals surface area contributed by atoms with Gasteiger partial charge < -0.3 is 14.5 Å². The van der Waals surface area contributed by atoms with E-state index >= 15 is 0 Å². The van der Waals surface area contributed by atoms with Gasteiger partial charge in [0, 0.05) is 29.8 Å². The Bertz CT molecular complexity index is 1020. The predicted molar refractivity (Wildman–Crippen MR) is 99.9 cm³/mol. The fourth-order valence-electron chi connectivity index (χ4n) is 3.27. The summed E-state index contributed by atoms with van der Waals surface area (Å²) in [5, 5.41) is 5.90. The van der Waals surface area contributed by atoms with Crippen LogP contribution in [-0.2, 0) is 11.3 Å². The molecular formula is C21H19N3O2. The van der Waals surface area contributed by atoms with Crippen LogP contribution in [0.1, 0.15) is 18.2 Å². The van der Waals surface area contributed by atoms with Crippen molar-refractivity contribution >= 4 is 10.9 Å². The van der Waals surface area contributed by atoms with Crippen molar-refractivity contribution in [2.24, 2.45) is 0 Å². The molecule has 0 spiro atoms. The van der Waals surface area contributed by atoms with Crippen molar-refractivity contribution in [3.8, 4) is 17.0 Å². The molecule has 0 radical (unpaired) electrons. The second-order valence-corrected chi connectivity index (χ2v) is 6.46. The minimum absolute atomic E-state index is 0.0290. The molecule has 0 bridgehead atoms. The summed E-state index contributed by atoms with van der Waals surface area (Å²) in [4.78, 5) is 3.11. The molecule has 1 fully saturated rings. The van der Waals surface area contributed by atoms with E-state index in [-0.39, 0.29) is 6.23 Å². The predicted octanol–water partition coefficient (Wildman–Crippen LogP) is 4.53. The van der Waals surface area contributed by atoms with Crippen LogP contribution in [0.5, 0.6) is 5.75 Å². The molecule has 5 rings (SSSR count). The van der Waals surface area contributed by atoms with Gasteiger partial charge in [0.2, 0.25) is 0 Å². The van der Waals surface area contributed by atoms with Crippen LogP contribution < -0.4 is 4.74 Å². The lowest BCUT2D eigenvalue weighted by Crippen LogP contribution is -2.25. The molecule has 1 atom stereocenters. The van der Waals surface area contributed by atoms with Gasteiger partial charge in [0.25, 0.3) is 0 Å². The zero-order valence-corrected chi connectivity index (χ0v) is 14.3. The minimum atomic E-state index is 0.0290. The summed E-state index contributed by atoms with van der Waals surface area (Å²) >= 11 is 0. The fourth-order valence-corrected chi connectivity index (χ4v) is 3.27. The Morgan fingerprint density at radius 2 is 2.04 bits per heavy atom. The lowest BCUT2D eigenvalue weighted by molar-refractivity contribution is -0.104. The molecule has 1 aliphatic heterocycles. The zero-order chi connectivity index (χ0) is 17.3. The Hall–Kier alpha value is -3.05. The first-order valence-corrected chi connectivity index (χ1v) is 8.82. The van der Waals surface area contributed by atoms with E-state index in [2.05, 4.69) is 29.2 Å². The molecular weight excluding hydrogens is 326 g/mol. The molecule has 1 saturated heterocycles. The van der Waals surface area contributed by atoms with E-state index in [4.69, 9.17) is 14.6 Å². The van der Waals surface area contributed by atoms with Crippen molar-refractivity contribution in [1.29, 1.82) is 0 Å². The van der Waals surface area contributed by atoms with Crippen molar-refractivity contribution < 1.29 is 9.47 Å². The highest BCUT2D eigenvalue weighted by Gasteiger charge is 2.25. The van der Waals surface area contributed by atoms with Gasteiger partial charge in [0.15, 0.2) is 6.23 Å². The van der Waals surface area contributed by atoms with Gasteiger partial charge in [-0.25, -0.2) is 4.68 Å². The highest BCUT2D eigenvalue weighted by atomic mass is 16.5. The van der Waals surface area contributed by atoms with Gasteiger partial charge in [-0.2, -0.15) is 5.10 Å². The first-order valence-electron chi connectivity index (χ1n) is 8.82. The number of H-pyrrole nitrogens is 1. The third-order valence-electron chi connectivity index (χ3n) is 4.75. The number of aromatic nitrogens is 3. The number of nitrogens with one attached hydrogen (secondary N) is 1. The number of fused-ring (bicyclic) bond motifs is 1. The second kappa shape index (κ2) is 6.35. The SMILES string of the molecule is c1ccc(COc2ccc3c(c2)c(-c2cc[nH]c2)nn3C2CCO2)cc1. The number of ether oxygens (including phenoxy) is 2. The summed E-state index contributed by atoms with van der Waals surface area (Å²) in [7, 11) is 0. The first kappa shape index (κ1) is 15.2. The summed E-state index contributed by atoms with van der Waals surface area (Å²) in [6, 6.07) is 18.4. The summed E-state index contributed by atoms with van der Waals surface area (Å²) in [6.07, 6.45) is 4.90. The third kappa shape index (κ3) is 2.66. The lowest BCUT2D eigenvalue weighted by Gasteiger charge is -2.27. The molecule has 1 aliphatic rings. The maximum Gasteiger partial charge on any atom is 0.153 e. The van der Waals surface area contributed by atoms with Crippen molar-refractivity contribution in [2.45, 2.75) is 19.3 Å². The number of rotatable bonds is 5. The molecule has 26 heavy (non-hydrogen) atoms. The van der Waals surface area contributed by atoms with Gasteiger partial charge in [-0.3, -0.25) is 0 Å². The van der Waals surface area contributed by atoms with E-state index in [1.807, 2.05) is 47.4 Å². The van der Waals surface area contributed by atoms with Crippen LogP contribution in [0.3, 0.4) is 0 Å². The zero-order valence-electron chi connectivity index (χ0n) is 14.3. The molecule has 5 heteroatoms. The molecule has 2 aromatic carbocycles. The topological polar surface area (TPSA) is 52.1 Å². The summed E-state index contributed by atoms with van der Waals surface area (Å²) in [6.45, 7) is 1.34. The van der Waals surface area contributed by atoms with E-state index < -0.39 is 0 Å². The van der Waals surface area contributed by atoms with Crippen LogP contribution in [-0.4, -0.2) is 21.4 Å². The molecule has 0 saturated carbocycles. The van der Waals surface area contributed by atoms with Crippen LogP contribution in [0.25, 0.3) is 22.2 Å². The lowest BCUT2D eigenvalue weighted by atomic mass is 10.1. The van der Waals surface area contributed by atoms with E-state index in [9.17, 15) is 0 Å². The van der Waals surface area contributed by atoms with Gasteiger partial charge in [-0.05, 0) is 29.8 Å². The molecule has 4 aromatic rings. The van der Waals surface area contributed by atoms with Crippen LogP contribution in [0.2, 0.25) is 0 Å². The second-order valence-electron chi connectivity index (χ2n) is 6.46. The molecule has 2 aromatic heterocycles. The van der Waals surface area contributed by atoms with Gasteiger partial charge in [-0.1, -0.05) is 30.3 Å². The maximum absolute atomic E-state index is 6.01. The number of nitrogens with zero attached hydrogens (tertiary/aromatic N) is 2. The Morgan fingerprint density at radius 3 is 2.77 bits per heavy atom. The van der Waals surface area contributed by atoms with Crippen LogP contribution in [0.4, 0.5) is 0 Å². The van der Waals surface area contributed by atoms with Crippen LogP contribution in [0, 0.1) is 0 Å². The normalized spacial score (nSPS) is 16.5. The van der Waals surface area contributed by atoms with Gasteiger partial charge in [-0.15, -0.1) is 0 Å². The van der Waals surface area contributed by atoms with E-state index in [0.29, 0.717) is 6.61 Å². The Kier molecular flexibility index (Phi) is 3.72. The summed E-state index contributed by atoms with van der Waals surface area (Å²) in [5.74, 6) is 0.840. The summed E-state index contributed by atoms with van der Waals surface area (Å²) in [5.41, 5.74) is 4.23. The van der Waals surface area contributed by atoms with Gasteiger partial charge in [0.05, 0.1) is 12.1 Å². The van der Waals surface area contributed by atoms with Gasteiger partial charge in [0.1, 0.15) is 18.1 Å². The molecule has 1 unspecified atom stereocenters. The molecule has 0 amide bonds. The number of hydrogen-bond acceptors (Lipinski definition) is 3. The van der Waals surface area contributed by atoms with Crippen molar-refractivity contribution in [3.05, 3.63) is 72.6 Å². The van der Waals surface area contributed by atoms with E-state index in [1.54, 1.807) is 0 Å². The smallest absolute Gasteiger partial charge is 0.153 e. The Labute approximate surface area is 151 Å². The number of aromatic amines is 1. The van der Waals surface area contributed by atoms with Gasteiger partial charge >= 0.3 is 0 Å². The number of benzene rings is 2. The molecule has 1 N–H and O–H groups in total. The highest BCUT2D eigenvalue weighted by Crippen LogP contribution is 2.35. The minimum Gasteiger partial charge on any atom is -0.489 e. The van der Waals surface area contributed by atoms with Crippen molar-refractivity contribution in [1.82, 2.24) is 14.8 Å². The van der Waals surface area contributed by atoms with Crippen molar-refractivity contribution in [2.75, 3.05) is 6.61 Å². The quantitative estimate of drug-likeness (QED) is 0.578. The largest absolute Gasteiger partial charge is 0.489 e. The van der Waals surface area contributed by atoms with E-state index in [0.717, 1.165) is 46.5 Å². The maximum atomic E-state index is 6.01. The molecule has 5 nitrogen and oxygen atoms in total. The van der Waals surface area contributed by atoms with Crippen LogP contribution >= 0.6 is 0 Å². The average molecular weight is 345 g/mol. The monoisotopic (exact) mass is 345 g/mol. The first-order chi connectivity index (χ1) is 12.9. The summed E-state index contributed by atoms with van der Waals surface area (Å²) < 4.78 is 13.6. The average Bonchev–Trinajstić information content (AvgIpc) is 3.28. The molecule has 0 aliphatic carbocycles. The highest BCUT2D eigenvalue weighted by molar-refractivity contribution is 5.94. The number of hydrogen-bond donors (Lipinski definition) is 1. The standard InChI is InChI=1S/C21H19N3O2/c1-2-4-15(5-3-1)14-26-17-6-7-19-18(12-17)21(16-8-10-22-13-16)23-24(19)20-9-11-25-20/h1-8,10,12-13,20,22H,9,11,14H2. The Balaban J connectivity index is 1.52. The third-order valence-corrected chi connectivity index (χ3v) is 4.75. The van der Waals surface area contributed by atoms with E-state index in [1.165, 1.54) is 0 Å². The molecule has 3 heterocycles.